The second kappa shape index (κ2) is 29.3. The van der Waals surface area contributed by atoms with Crippen LogP contribution in [0.5, 0.6) is 0 Å². The summed E-state index contributed by atoms with van der Waals surface area (Å²) < 4.78 is 13.1. The Labute approximate surface area is 270 Å². The highest BCUT2D eigenvalue weighted by Gasteiger charge is 2.10. The molecule has 0 atom stereocenters. The predicted octanol–water partition coefficient (Wildman–Crippen LogP) is 10.2. The molecule has 0 aliphatic rings. The average molecular weight is 616 g/mol. The van der Waals surface area contributed by atoms with E-state index >= 15 is 0 Å². The predicted molar refractivity (Wildman–Crippen MR) is 183 cm³/mol. The first-order valence-electron chi connectivity index (χ1n) is 18.2. The van der Waals surface area contributed by atoms with E-state index in [0.29, 0.717) is 13.0 Å². The molecule has 6 heteroatoms. The van der Waals surface area contributed by atoms with Gasteiger partial charge in [-0.2, -0.15) is 0 Å². The molecule has 44 heavy (non-hydrogen) atoms. The molecule has 1 amide bonds. The molecule has 252 valence electrons. The van der Waals surface area contributed by atoms with Crippen molar-refractivity contribution in [3.63, 3.8) is 0 Å². The quantitative estimate of drug-likeness (QED) is 0.0421. The van der Waals surface area contributed by atoms with Gasteiger partial charge >= 0.3 is 12.1 Å². The fourth-order valence-electron chi connectivity index (χ4n) is 5.31. The van der Waals surface area contributed by atoms with E-state index in [4.69, 9.17) is 9.47 Å². The molecule has 0 spiro atoms. The van der Waals surface area contributed by atoms with Gasteiger partial charge in [0, 0.05) is 37.1 Å². The Morgan fingerprint density at radius 3 is 1.61 bits per heavy atom. The molecule has 0 saturated heterocycles. The highest BCUT2D eigenvalue weighted by Crippen LogP contribution is 2.14. The van der Waals surface area contributed by atoms with Crippen molar-refractivity contribution in [1.82, 2.24) is 5.32 Å². The van der Waals surface area contributed by atoms with Gasteiger partial charge in [0.2, 0.25) is 0 Å². The maximum atomic E-state index is 12.2. The van der Waals surface area contributed by atoms with Crippen LogP contribution >= 0.6 is 0 Å². The van der Waals surface area contributed by atoms with Crippen LogP contribution in [0.25, 0.3) is 0 Å². The second-order valence-corrected chi connectivity index (χ2v) is 12.7. The number of hydrogen-bond donors (Lipinski definition) is 1. The Bertz CT molecular complexity index is 852. The number of rotatable bonds is 29. The van der Waals surface area contributed by atoms with E-state index < -0.39 is 6.09 Å². The summed E-state index contributed by atoms with van der Waals surface area (Å²) in [7, 11) is 0. The number of alkyl carbamates (subject to hydrolysis) is 1. The smallest absolute Gasteiger partial charge is 0.407 e. The number of aryl methyl sites for hydroxylation is 1. The molecule has 1 N–H and O–H groups in total. The fraction of sp³-hybridized carbons (Fsp3) is 0.763. The average Bonchev–Trinajstić information content (AvgIpc) is 3.02. The summed E-state index contributed by atoms with van der Waals surface area (Å²) in [6.45, 7) is 8.20. The van der Waals surface area contributed by atoms with Gasteiger partial charge in [0.1, 0.15) is 19.8 Å². The second-order valence-electron chi connectivity index (χ2n) is 12.7. The summed E-state index contributed by atoms with van der Waals surface area (Å²) in [4.78, 5) is 24.3. The van der Waals surface area contributed by atoms with Gasteiger partial charge in [0.25, 0.3) is 0 Å². The summed E-state index contributed by atoms with van der Waals surface area (Å²) in [6.07, 6.45) is 30.9. The number of hydrogen-bond acceptors (Lipinski definition) is 4. The standard InChI is InChI=1S/C38H66N2O4/c1-4-5-6-7-8-9-10-11-12-13-14-15-16-17-20-24-29-39-38(42)44-34-36(35(2)3)33-43-37(41)28-23-19-18-21-25-30-40-31-26-22-27-32-40/h22,26-27,31-32H,4-21,23-25,28-30,33-34H2,1-3H3/p+1. The number of carbonyl (C=O) groups is 2. The zero-order chi connectivity index (χ0) is 31.9. The zero-order valence-electron chi connectivity index (χ0n) is 28.9. The molecule has 0 aliphatic carbocycles. The van der Waals surface area contributed by atoms with Gasteiger partial charge in [-0.05, 0) is 33.1 Å². The Morgan fingerprint density at radius 2 is 1.07 bits per heavy atom. The van der Waals surface area contributed by atoms with Crippen molar-refractivity contribution < 1.29 is 23.6 Å². The number of allylic oxidation sites excluding steroid dienone is 1. The summed E-state index contributed by atoms with van der Waals surface area (Å²) in [6, 6.07) is 6.13. The van der Waals surface area contributed by atoms with Crippen molar-refractivity contribution in [3.05, 3.63) is 41.7 Å². The number of nitrogens with zero attached hydrogens (tertiary/aromatic N) is 1. The minimum absolute atomic E-state index is 0.153. The topological polar surface area (TPSA) is 68.5 Å². The van der Waals surface area contributed by atoms with Crippen LogP contribution in [0.2, 0.25) is 0 Å². The van der Waals surface area contributed by atoms with Crippen LogP contribution in [0.4, 0.5) is 4.79 Å². The van der Waals surface area contributed by atoms with Gasteiger partial charge in [0.15, 0.2) is 12.4 Å². The Morgan fingerprint density at radius 1 is 0.591 bits per heavy atom. The first-order chi connectivity index (χ1) is 21.5. The number of ether oxygens (including phenoxy) is 2. The fourth-order valence-corrected chi connectivity index (χ4v) is 5.31. The number of nitrogens with one attached hydrogen (secondary N) is 1. The molecule has 1 rings (SSSR count). The van der Waals surface area contributed by atoms with Gasteiger partial charge in [-0.15, -0.1) is 0 Å². The van der Waals surface area contributed by atoms with Crippen molar-refractivity contribution in [1.29, 1.82) is 0 Å². The number of carbonyl (C=O) groups excluding carboxylic acids is 2. The molecule has 1 heterocycles. The summed E-state index contributed by atoms with van der Waals surface area (Å²) >= 11 is 0. The highest BCUT2D eigenvalue weighted by molar-refractivity contribution is 5.69. The normalized spacial score (nSPS) is 10.9. The molecule has 0 saturated carbocycles. The third kappa shape index (κ3) is 25.0. The van der Waals surface area contributed by atoms with Crippen LogP contribution in [0.15, 0.2) is 41.7 Å². The van der Waals surface area contributed by atoms with Crippen molar-refractivity contribution in [3.8, 4) is 0 Å². The number of aromatic nitrogens is 1. The SMILES string of the molecule is CCCCCCCCCCCCCCCCCCNC(=O)OCC(COC(=O)CCCCCCC[n+]1ccccc1)=C(C)C. The van der Waals surface area contributed by atoms with Crippen molar-refractivity contribution in [2.75, 3.05) is 19.8 Å². The summed E-state index contributed by atoms with van der Waals surface area (Å²) in [5.41, 5.74) is 1.86. The lowest BCUT2D eigenvalue weighted by Gasteiger charge is -2.12. The molecule has 0 fully saturated rings. The lowest BCUT2D eigenvalue weighted by Crippen LogP contribution is -2.32. The van der Waals surface area contributed by atoms with Crippen molar-refractivity contribution >= 4 is 12.1 Å². The lowest BCUT2D eigenvalue weighted by atomic mass is 10.0. The Kier molecular flexibility index (Phi) is 26.4. The van der Waals surface area contributed by atoms with Gasteiger partial charge < -0.3 is 14.8 Å². The Balaban J connectivity index is 1.93. The van der Waals surface area contributed by atoms with Gasteiger partial charge in [0.05, 0.1) is 0 Å². The molecule has 6 nitrogen and oxygen atoms in total. The molecule has 0 unspecified atom stereocenters. The minimum Gasteiger partial charge on any atom is -0.461 e. The first-order valence-corrected chi connectivity index (χ1v) is 18.2. The van der Waals surface area contributed by atoms with Crippen LogP contribution in [0.1, 0.15) is 162 Å². The third-order valence-corrected chi connectivity index (χ3v) is 8.37. The molecule has 0 bridgehead atoms. The molecular formula is C38H67N2O4+. The molecule has 1 aromatic rings. The molecule has 1 aromatic heterocycles. The van der Waals surface area contributed by atoms with Crippen LogP contribution in [0, 0.1) is 0 Å². The number of esters is 1. The third-order valence-electron chi connectivity index (χ3n) is 8.37. The van der Waals surface area contributed by atoms with Crippen LogP contribution in [0.3, 0.4) is 0 Å². The number of unbranched alkanes of at least 4 members (excludes halogenated alkanes) is 19. The van der Waals surface area contributed by atoms with Crippen LogP contribution in [-0.4, -0.2) is 31.8 Å². The van der Waals surface area contributed by atoms with E-state index in [0.717, 1.165) is 62.6 Å². The summed E-state index contributed by atoms with van der Waals surface area (Å²) in [5, 5.41) is 2.86. The Hall–Kier alpha value is -2.37. The van der Waals surface area contributed by atoms with Crippen LogP contribution < -0.4 is 9.88 Å². The summed E-state index contributed by atoms with van der Waals surface area (Å²) in [5.74, 6) is -0.184. The molecule has 0 aromatic carbocycles. The lowest BCUT2D eigenvalue weighted by molar-refractivity contribution is -0.697. The van der Waals surface area contributed by atoms with Crippen molar-refractivity contribution in [2.45, 2.75) is 169 Å². The maximum absolute atomic E-state index is 12.2. The van der Waals surface area contributed by atoms with Gasteiger partial charge in [-0.3, -0.25) is 4.79 Å². The van der Waals surface area contributed by atoms with E-state index in [9.17, 15) is 9.59 Å². The first kappa shape index (κ1) is 39.7. The van der Waals surface area contributed by atoms with E-state index in [1.54, 1.807) is 0 Å². The van der Waals surface area contributed by atoms with Gasteiger partial charge in [-0.25, -0.2) is 9.36 Å². The monoisotopic (exact) mass is 616 g/mol. The highest BCUT2D eigenvalue weighted by atomic mass is 16.6. The van der Waals surface area contributed by atoms with E-state index in [-0.39, 0.29) is 19.2 Å². The largest absolute Gasteiger partial charge is 0.461 e. The van der Waals surface area contributed by atoms with Gasteiger partial charge in [-0.1, -0.05) is 128 Å². The van der Waals surface area contributed by atoms with E-state index in [1.807, 2.05) is 19.9 Å². The number of amides is 1. The molecular weight excluding hydrogens is 548 g/mol. The molecule has 0 radical (unpaired) electrons. The van der Waals surface area contributed by atoms with E-state index in [1.165, 1.54) is 89.9 Å². The minimum atomic E-state index is -0.401. The molecule has 0 aliphatic heterocycles. The van der Waals surface area contributed by atoms with E-state index in [2.05, 4.69) is 41.3 Å². The van der Waals surface area contributed by atoms with Crippen LogP contribution in [-0.2, 0) is 20.8 Å². The maximum Gasteiger partial charge on any atom is 0.407 e. The number of pyridine rings is 1. The zero-order valence-corrected chi connectivity index (χ0v) is 28.9. The van der Waals surface area contributed by atoms with Crippen molar-refractivity contribution in [2.24, 2.45) is 0 Å².